The summed E-state index contributed by atoms with van der Waals surface area (Å²) in [6.07, 6.45) is 0. The van der Waals surface area contributed by atoms with Crippen LogP contribution < -0.4 is 11.1 Å². The van der Waals surface area contributed by atoms with E-state index < -0.39 is 0 Å². The van der Waals surface area contributed by atoms with Gasteiger partial charge < -0.3 is 0 Å². The van der Waals surface area contributed by atoms with Crippen LogP contribution in [-0.2, 0) is 0 Å². The number of aromatic nitrogens is 1. The molecule has 0 unspecified atom stereocenters. The zero-order chi connectivity index (χ0) is 9.26. The number of benzene rings is 1. The highest BCUT2D eigenvalue weighted by atomic mass is 16.2. The van der Waals surface area contributed by atoms with E-state index in [0.29, 0.717) is 0 Å². The lowest BCUT2D eigenvalue weighted by atomic mass is 10.2. The Morgan fingerprint density at radius 1 is 0.846 bits per heavy atom. The van der Waals surface area contributed by atoms with Crippen LogP contribution in [-0.4, -0.2) is 4.98 Å². The van der Waals surface area contributed by atoms with Crippen LogP contribution in [0.25, 0.3) is 10.8 Å². The van der Waals surface area contributed by atoms with Crippen molar-refractivity contribution in [3.63, 3.8) is 0 Å². The minimum atomic E-state index is -0.369. The summed E-state index contributed by atoms with van der Waals surface area (Å²) in [5, 5.41) is 1.54. The molecule has 0 aliphatic carbocycles. The zero-order valence-electron chi connectivity index (χ0n) is 6.78. The molecule has 0 radical (unpaired) electrons. The predicted octanol–water partition coefficient (Wildman–Crippen LogP) is 0.888. The molecule has 3 heteroatoms. The van der Waals surface area contributed by atoms with E-state index in [1.807, 2.05) is 12.1 Å². The van der Waals surface area contributed by atoms with Crippen LogP contribution in [0, 0.1) is 0 Å². The van der Waals surface area contributed by atoms with E-state index in [1.54, 1.807) is 12.1 Å². The van der Waals surface area contributed by atoms with Crippen molar-refractivity contribution in [3.05, 3.63) is 57.1 Å². The summed E-state index contributed by atoms with van der Waals surface area (Å²) >= 11 is 0. The van der Waals surface area contributed by atoms with Gasteiger partial charge in [-0.3, -0.25) is 14.6 Å². The molecule has 0 saturated heterocycles. The lowest BCUT2D eigenvalue weighted by Crippen LogP contribution is -2.11. The molecule has 0 fully saturated rings. The summed E-state index contributed by atoms with van der Waals surface area (Å²) in [4.78, 5) is 24.3. The molecule has 1 heterocycles. The largest absolute Gasteiger partial charge is 0.289 e. The molecule has 2 rings (SSSR count). The maximum atomic E-state index is 11.0. The molecule has 13 heavy (non-hydrogen) atoms. The normalized spacial score (nSPS) is 10.2. The molecule has 0 bridgehead atoms. The first-order chi connectivity index (χ1) is 6.25. The number of nitrogens with one attached hydrogen (secondary N) is 1. The van der Waals surface area contributed by atoms with Crippen molar-refractivity contribution in [1.29, 1.82) is 0 Å². The lowest BCUT2D eigenvalue weighted by molar-refractivity contribution is 1.20. The van der Waals surface area contributed by atoms with Gasteiger partial charge in [-0.15, -0.1) is 0 Å². The second-order valence-electron chi connectivity index (χ2n) is 2.77. The molecular formula is C10H7NO2. The fourth-order valence-corrected chi connectivity index (χ4v) is 1.25. The molecule has 1 aromatic carbocycles. The van der Waals surface area contributed by atoms with Crippen molar-refractivity contribution < 1.29 is 0 Å². The second-order valence-corrected chi connectivity index (χ2v) is 2.77. The molecule has 0 saturated carbocycles. The highest BCUT2D eigenvalue weighted by Gasteiger charge is 1.91. The van der Waals surface area contributed by atoms with Crippen molar-refractivity contribution >= 4 is 10.8 Å². The van der Waals surface area contributed by atoms with Crippen LogP contribution in [0.2, 0.25) is 0 Å². The summed E-state index contributed by atoms with van der Waals surface area (Å²) in [5.41, 5.74) is -0.739. The van der Waals surface area contributed by atoms with Crippen LogP contribution in [0.3, 0.4) is 0 Å². The number of fused-ring (bicyclic) bond motifs is 1. The van der Waals surface area contributed by atoms with Crippen LogP contribution >= 0.6 is 0 Å². The standard InChI is InChI=1S/C10H7NO2/c12-9-5-7-3-1-2-4-8(7)6-10(13)11-9/h1-6H,(H,11,12,13). The number of hydrogen-bond donors (Lipinski definition) is 1. The quantitative estimate of drug-likeness (QED) is 0.643. The Morgan fingerprint density at radius 2 is 1.31 bits per heavy atom. The first kappa shape index (κ1) is 7.73. The minimum Gasteiger partial charge on any atom is -0.289 e. The zero-order valence-corrected chi connectivity index (χ0v) is 6.78. The highest BCUT2D eigenvalue weighted by Crippen LogP contribution is 2.06. The summed E-state index contributed by atoms with van der Waals surface area (Å²) in [6, 6.07) is 10.1. The monoisotopic (exact) mass is 173 g/mol. The topological polar surface area (TPSA) is 49.9 Å². The van der Waals surface area contributed by atoms with Gasteiger partial charge in [-0.05, 0) is 10.8 Å². The number of hydrogen-bond acceptors (Lipinski definition) is 2. The van der Waals surface area contributed by atoms with Crippen LogP contribution in [0.15, 0.2) is 46.0 Å². The van der Waals surface area contributed by atoms with E-state index in [4.69, 9.17) is 0 Å². The van der Waals surface area contributed by atoms with Gasteiger partial charge in [-0.25, -0.2) is 0 Å². The Bertz CT molecular complexity index is 508. The van der Waals surface area contributed by atoms with Gasteiger partial charge in [-0.1, -0.05) is 24.3 Å². The molecule has 0 atom stereocenters. The minimum absolute atomic E-state index is 0.369. The van der Waals surface area contributed by atoms with Crippen molar-refractivity contribution in [2.75, 3.05) is 0 Å². The van der Waals surface area contributed by atoms with Crippen LogP contribution in [0.1, 0.15) is 0 Å². The summed E-state index contributed by atoms with van der Waals surface area (Å²) < 4.78 is 0. The van der Waals surface area contributed by atoms with E-state index >= 15 is 0 Å². The molecular weight excluding hydrogens is 166 g/mol. The predicted molar refractivity (Wildman–Crippen MR) is 50.8 cm³/mol. The van der Waals surface area contributed by atoms with Gasteiger partial charge >= 0.3 is 0 Å². The number of rotatable bonds is 0. The van der Waals surface area contributed by atoms with Crippen molar-refractivity contribution in [2.45, 2.75) is 0 Å². The Kier molecular flexibility index (Phi) is 1.70. The van der Waals surface area contributed by atoms with E-state index in [1.165, 1.54) is 12.1 Å². The molecule has 1 N–H and O–H groups in total. The fraction of sp³-hybridized carbons (Fsp3) is 0. The maximum absolute atomic E-state index is 11.0. The third kappa shape index (κ3) is 1.49. The lowest BCUT2D eigenvalue weighted by Gasteiger charge is -1.86. The molecule has 3 nitrogen and oxygen atoms in total. The van der Waals surface area contributed by atoms with Crippen LogP contribution in [0.5, 0.6) is 0 Å². The van der Waals surface area contributed by atoms with Crippen molar-refractivity contribution in [2.24, 2.45) is 0 Å². The Balaban J connectivity index is 3.07. The average molecular weight is 173 g/mol. The molecule has 2 aromatic rings. The summed E-state index contributed by atoms with van der Waals surface area (Å²) in [7, 11) is 0. The fourth-order valence-electron chi connectivity index (χ4n) is 1.25. The van der Waals surface area contributed by atoms with E-state index in [2.05, 4.69) is 4.98 Å². The smallest absolute Gasteiger partial charge is 0.251 e. The van der Waals surface area contributed by atoms with Gasteiger partial charge in [0.15, 0.2) is 0 Å². The van der Waals surface area contributed by atoms with Crippen LogP contribution in [0.4, 0.5) is 0 Å². The molecule has 64 valence electrons. The summed E-state index contributed by atoms with van der Waals surface area (Å²) in [5.74, 6) is 0. The Morgan fingerprint density at radius 3 is 1.77 bits per heavy atom. The number of H-pyrrole nitrogens is 1. The maximum Gasteiger partial charge on any atom is 0.251 e. The summed E-state index contributed by atoms with van der Waals surface area (Å²) in [6.45, 7) is 0. The molecule has 0 amide bonds. The third-order valence-electron chi connectivity index (χ3n) is 1.82. The number of aromatic amines is 1. The molecule has 1 aromatic heterocycles. The Hall–Kier alpha value is -1.90. The average Bonchev–Trinajstić information content (AvgIpc) is 2.20. The first-order valence-corrected chi connectivity index (χ1v) is 3.89. The highest BCUT2D eigenvalue weighted by molar-refractivity contribution is 5.81. The molecule has 0 aliphatic rings. The van der Waals surface area contributed by atoms with Gasteiger partial charge in [-0.2, -0.15) is 0 Å². The molecule has 0 spiro atoms. The molecule has 0 aliphatic heterocycles. The van der Waals surface area contributed by atoms with Gasteiger partial charge in [0, 0.05) is 12.1 Å². The van der Waals surface area contributed by atoms with Crippen molar-refractivity contribution in [3.8, 4) is 0 Å². The van der Waals surface area contributed by atoms with E-state index in [0.717, 1.165) is 10.8 Å². The van der Waals surface area contributed by atoms with E-state index in [-0.39, 0.29) is 11.1 Å². The van der Waals surface area contributed by atoms with Gasteiger partial charge in [0.2, 0.25) is 0 Å². The van der Waals surface area contributed by atoms with Gasteiger partial charge in [0.25, 0.3) is 11.1 Å². The SMILES string of the molecule is O=c1cc2ccccc2cc(=O)[nH]1. The van der Waals surface area contributed by atoms with Gasteiger partial charge in [0.05, 0.1) is 0 Å². The third-order valence-corrected chi connectivity index (χ3v) is 1.82. The van der Waals surface area contributed by atoms with Gasteiger partial charge in [0.1, 0.15) is 0 Å². The first-order valence-electron chi connectivity index (χ1n) is 3.89. The second kappa shape index (κ2) is 2.86. The van der Waals surface area contributed by atoms with Crippen molar-refractivity contribution in [1.82, 2.24) is 4.98 Å². The Labute approximate surface area is 73.7 Å². The van der Waals surface area contributed by atoms with E-state index in [9.17, 15) is 9.59 Å².